The number of nitrogens with zero attached hydrogens (tertiary/aromatic N) is 1. The molecule has 0 aliphatic rings. The van der Waals surface area contributed by atoms with Gasteiger partial charge >= 0.3 is 4.34 Å². The van der Waals surface area contributed by atoms with E-state index in [0.717, 1.165) is 6.54 Å². The molecule has 1 heterocycles. The molecule has 0 radical (unpaired) electrons. The Labute approximate surface area is 199 Å². The summed E-state index contributed by atoms with van der Waals surface area (Å²) in [4.78, 5) is 1.25. The quantitative estimate of drug-likeness (QED) is 0.430. The third-order valence-corrected chi connectivity index (χ3v) is 6.86. The standard InChI is InChI=1S/C26H27N2S2.ClH/c1-26(2,3)27-24-23(21-15-9-5-10-16-21)28(19-20-13-7-4-8-14-20)25(30-24)29-22-17-11-6-12-18-22;/h4-18,27H,19H2,1-3H3;1H/q+1;/p-1. The van der Waals surface area contributed by atoms with Crippen LogP contribution in [-0.2, 0) is 6.54 Å². The maximum absolute atomic E-state index is 3.76. The first-order valence-corrected chi connectivity index (χ1v) is 11.8. The summed E-state index contributed by atoms with van der Waals surface area (Å²) in [5.41, 5.74) is 3.76. The van der Waals surface area contributed by atoms with Gasteiger partial charge in [-0.25, -0.2) is 0 Å². The van der Waals surface area contributed by atoms with E-state index in [4.69, 9.17) is 0 Å². The van der Waals surface area contributed by atoms with Crippen molar-refractivity contribution in [3.63, 3.8) is 0 Å². The smallest absolute Gasteiger partial charge is 0.305 e. The van der Waals surface area contributed by atoms with Crippen LogP contribution >= 0.6 is 23.1 Å². The number of rotatable bonds is 6. The molecule has 0 amide bonds. The molecule has 1 N–H and O–H groups in total. The van der Waals surface area contributed by atoms with E-state index in [2.05, 4.69) is 122 Å². The van der Waals surface area contributed by atoms with Crippen LogP contribution in [0.25, 0.3) is 11.3 Å². The average Bonchev–Trinajstić information content (AvgIpc) is 3.05. The number of benzene rings is 3. The van der Waals surface area contributed by atoms with Gasteiger partial charge in [0.2, 0.25) is 5.69 Å². The number of anilines is 1. The second kappa shape index (κ2) is 10.4. The van der Waals surface area contributed by atoms with E-state index in [0.29, 0.717) is 0 Å². The van der Waals surface area contributed by atoms with Crippen LogP contribution in [0.5, 0.6) is 0 Å². The molecule has 31 heavy (non-hydrogen) atoms. The first kappa shape index (κ1) is 23.4. The monoisotopic (exact) mass is 466 g/mol. The van der Waals surface area contributed by atoms with E-state index >= 15 is 0 Å². The van der Waals surface area contributed by atoms with Gasteiger partial charge in [-0.05, 0) is 68.1 Å². The molecule has 0 aliphatic heterocycles. The number of hydrogen-bond donors (Lipinski definition) is 1. The Balaban J connectivity index is 0.00000272. The minimum Gasteiger partial charge on any atom is -1.00 e. The van der Waals surface area contributed by atoms with Crippen LogP contribution < -0.4 is 22.3 Å². The highest BCUT2D eigenvalue weighted by molar-refractivity contribution is 8.01. The zero-order chi connectivity index (χ0) is 21.0. The molecule has 2 nitrogen and oxygen atoms in total. The zero-order valence-electron chi connectivity index (χ0n) is 18.0. The summed E-state index contributed by atoms with van der Waals surface area (Å²) in [6.07, 6.45) is 0. The Bertz CT molecular complexity index is 1090. The predicted molar refractivity (Wildman–Crippen MR) is 129 cm³/mol. The van der Waals surface area contributed by atoms with E-state index in [1.54, 1.807) is 0 Å². The van der Waals surface area contributed by atoms with Gasteiger partial charge in [-0.1, -0.05) is 66.7 Å². The van der Waals surface area contributed by atoms with Gasteiger partial charge in [0.25, 0.3) is 0 Å². The Morgan fingerprint density at radius 3 is 1.94 bits per heavy atom. The largest absolute Gasteiger partial charge is 1.00 e. The fraction of sp³-hybridized carbons (Fsp3) is 0.192. The van der Waals surface area contributed by atoms with Crippen LogP contribution in [0.4, 0.5) is 5.00 Å². The highest BCUT2D eigenvalue weighted by atomic mass is 35.5. The minimum atomic E-state index is -0.0202. The summed E-state index contributed by atoms with van der Waals surface area (Å²) < 4.78 is 3.73. The number of halogens is 1. The van der Waals surface area contributed by atoms with Crippen LogP contribution in [0.3, 0.4) is 0 Å². The molecular weight excluding hydrogens is 440 g/mol. The van der Waals surface area contributed by atoms with Crippen LogP contribution in [-0.4, -0.2) is 5.54 Å². The van der Waals surface area contributed by atoms with Gasteiger partial charge in [0, 0.05) is 21.6 Å². The molecule has 5 heteroatoms. The Hall–Kier alpha value is -2.27. The van der Waals surface area contributed by atoms with Gasteiger partial charge in [-0.15, -0.1) is 0 Å². The molecule has 0 saturated heterocycles. The molecule has 0 bridgehead atoms. The van der Waals surface area contributed by atoms with Crippen molar-refractivity contribution in [1.82, 2.24) is 0 Å². The summed E-state index contributed by atoms with van der Waals surface area (Å²) in [7, 11) is 0. The molecule has 0 spiro atoms. The first-order valence-electron chi connectivity index (χ1n) is 10.2. The van der Waals surface area contributed by atoms with Crippen molar-refractivity contribution in [2.45, 2.75) is 42.1 Å². The number of aromatic nitrogens is 1. The van der Waals surface area contributed by atoms with Crippen LogP contribution in [0, 0.1) is 0 Å². The van der Waals surface area contributed by atoms with Crippen molar-refractivity contribution in [2.24, 2.45) is 0 Å². The lowest BCUT2D eigenvalue weighted by Gasteiger charge is -2.20. The molecule has 0 atom stereocenters. The van der Waals surface area contributed by atoms with Crippen LogP contribution in [0.15, 0.2) is 100 Å². The van der Waals surface area contributed by atoms with E-state index in [1.165, 1.54) is 31.1 Å². The predicted octanol–water partition coefficient (Wildman–Crippen LogP) is 4.12. The van der Waals surface area contributed by atoms with E-state index in [1.807, 2.05) is 23.1 Å². The number of hydrogen-bond acceptors (Lipinski definition) is 3. The van der Waals surface area contributed by atoms with Crippen molar-refractivity contribution >= 4 is 28.1 Å². The number of nitrogens with one attached hydrogen (secondary N) is 1. The van der Waals surface area contributed by atoms with Gasteiger partial charge in [-0.2, -0.15) is 4.57 Å². The maximum Gasteiger partial charge on any atom is 0.305 e. The molecule has 4 aromatic rings. The van der Waals surface area contributed by atoms with Crippen molar-refractivity contribution in [3.05, 3.63) is 96.6 Å². The SMILES string of the molecule is CC(C)(C)Nc1sc(Sc2ccccc2)[n+](Cc2ccccc2)c1-c1ccccc1.[Cl-]. The Kier molecular flexibility index (Phi) is 7.82. The highest BCUT2D eigenvalue weighted by Gasteiger charge is 2.30. The van der Waals surface area contributed by atoms with Crippen molar-refractivity contribution in [3.8, 4) is 11.3 Å². The summed E-state index contributed by atoms with van der Waals surface area (Å²) in [5, 5.41) is 4.98. The van der Waals surface area contributed by atoms with E-state index in [-0.39, 0.29) is 17.9 Å². The molecule has 0 fully saturated rings. The molecule has 3 aromatic carbocycles. The zero-order valence-corrected chi connectivity index (χ0v) is 20.4. The summed E-state index contributed by atoms with van der Waals surface area (Å²) >= 11 is 3.67. The van der Waals surface area contributed by atoms with Crippen molar-refractivity contribution in [2.75, 3.05) is 5.32 Å². The minimum absolute atomic E-state index is 0. The third kappa shape index (κ3) is 6.13. The summed E-state index contributed by atoms with van der Waals surface area (Å²) in [6.45, 7) is 7.48. The lowest BCUT2D eigenvalue weighted by atomic mass is 10.1. The second-order valence-electron chi connectivity index (χ2n) is 8.27. The fourth-order valence-electron chi connectivity index (χ4n) is 3.29. The molecule has 4 rings (SSSR count). The van der Waals surface area contributed by atoms with Crippen molar-refractivity contribution < 1.29 is 17.0 Å². The lowest BCUT2D eigenvalue weighted by molar-refractivity contribution is -0.707. The van der Waals surface area contributed by atoms with Gasteiger partial charge in [-0.3, -0.25) is 0 Å². The van der Waals surface area contributed by atoms with Gasteiger partial charge in [0.15, 0.2) is 11.5 Å². The normalized spacial score (nSPS) is 11.1. The number of thiazole rings is 1. The summed E-state index contributed by atoms with van der Waals surface area (Å²) in [6, 6.07) is 32.0. The van der Waals surface area contributed by atoms with E-state index in [9.17, 15) is 0 Å². The molecule has 160 valence electrons. The first-order chi connectivity index (χ1) is 14.5. The Morgan fingerprint density at radius 2 is 1.35 bits per heavy atom. The topological polar surface area (TPSA) is 15.9 Å². The highest BCUT2D eigenvalue weighted by Crippen LogP contribution is 2.40. The lowest BCUT2D eigenvalue weighted by Crippen LogP contribution is -3.00. The Morgan fingerprint density at radius 1 is 0.806 bits per heavy atom. The second-order valence-corrected chi connectivity index (χ2v) is 10.6. The molecule has 0 aliphatic carbocycles. The maximum atomic E-state index is 3.76. The fourth-order valence-corrected chi connectivity index (χ4v) is 5.88. The molecular formula is C26H27ClN2S2. The third-order valence-electron chi connectivity index (χ3n) is 4.56. The van der Waals surface area contributed by atoms with E-state index < -0.39 is 0 Å². The van der Waals surface area contributed by atoms with Gasteiger partial charge in [0.05, 0.1) is 0 Å². The van der Waals surface area contributed by atoms with Gasteiger partial charge < -0.3 is 17.7 Å². The summed E-state index contributed by atoms with van der Waals surface area (Å²) in [5.74, 6) is 0. The average molecular weight is 467 g/mol. The molecule has 0 unspecified atom stereocenters. The van der Waals surface area contributed by atoms with Crippen LogP contribution in [0.1, 0.15) is 26.3 Å². The van der Waals surface area contributed by atoms with Crippen LogP contribution in [0.2, 0.25) is 0 Å². The van der Waals surface area contributed by atoms with Gasteiger partial charge in [0.1, 0.15) is 0 Å². The molecule has 1 aromatic heterocycles. The van der Waals surface area contributed by atoms with Crippen molar-refractivity contribution in [1.29, 1.82) is 0 Å². The molecule has 0 saturated carbocycles.